The summed E-state index contributed by atoms with van der Waals surface area (Å²) in [6, 6.07) is 18.2. The van der Waals surface area contributed by atoms with Gasteiger partial charge in [0.1, 0.15) is 5.75 Å². The number of hydrogen-bond donors (Lipinski definition) is 2. The Morgan fingerprint density at radius 1 is 1.04 bits per heavy atom. The van der Waals surface area contributed by atoms with Crippen LogP contribution in [0.2, 0.25) is 5.02 Å². The van der Waals surface area contributed by atoms with Crippen LogP contribution in [0, 0.1) is 0 Å². The van der Waals surface area contributed by atoms with E-state index in [1.807, 2.05) is 36.4 Å². The molecule has 0 aliphatic carbocycles. The molecule has 0 aliphatic heterocycles. The van der Waals surface area contributed by atoms with Gasteiger partial charge in [-0.1, -0.05) is 35.9 Å². The number of rotatable bonds is 6. The third kappa shape index (κ3) is 4.83. The molecule has 0 radical (unpaired) electrons. The van der Waals surface area contributed by atoms with E-state index in [0.717, 1.165) is 16.7 Å². The number of nitrogens with one attached hydrogen (secondary N) is 1. The van der Waals surface area contributed by atoms with Crippen molar-refractivity contribution in [1.82, 2.24) is 10.3 Å². The van der Waals surface area contributed by atoms with E-state index >= 15 is 0 Å². The third-order valence-corrected chi connectivity index (χ3v) is 4.39. The van der Waals surface area contributed by atoms with Gasteiger partial charge in [-0.3, -0.25) is 9.78 Å². The van der Waals surface area contributed by atoms with E-state index in [9.17, 15) is 9.90 Å². The van der Waals surface area contributed by atoms with Crippen molar-refractivity contribution in [1.29, 1.82) is 0 Å². The molecule has 1 unspecified atom stereocenters. The molecule has 1 heterocycles. The maximum absolute atomic E-state index is 12.5. The predicted molar refractivity (Wildman–Crippen MR) is 102 cm³/mol. The number of benzene rings is 2. The molecule has 1 amide bonds. The van der Waals surface area contributed by atoms with E-state index in [4.69, 9.17) is 11.6 Å². The zero-order valence-corrected chi connectivity index (χ0v) is 14.9. The molecule has 3 aromatic rings. The van der Waals surface area contributed by atoms with E-state index in [-0.39, 0.29) is 24.0 Å². The quantitative estimate of drug-likeness (QED) is 0.684. The van der Waals surface area contributed by atoms with Gasteiger partial charge in [-0.05, 0) is 53.1 Å². The van der Waals surface area contributed by atoms with Gasteiger partial charge in [0.15, 0.2) is 0 Å². The zero-order chi connectivity index (χ0) is 18.4. The lowest BCUT2D eigenvalue weighted by Gasteiger charge is -2.18. The van der Waals surface area contributed by atoms with Crippen molar-refractivity contribution >= 4 is 17.5 Å². The molecule has 0 spiro atoms. The van der Waals surface area contributed by atoms with Crippen LogP contribution in [0.1, 0.15) is 29.0 Å². The summed E-state index contributed by atoms with van der Waals surface area (Å²) >= 11 is 6.13. The Morgan fingerprint density at radius 3 is 2.42 bits per heavy atom. The highest BCUT2D eigenvalue weighted by Gasteiger charge is 2.19. The minimum atomic E-state index is -0.196. The van der Waals surface area contributed by atoms with Gasteiger partial charge in [0.25, 0.3) is 0 Å². The summed E-state index contributed by atoms with van der Waals surface area (Å²) in [5, 5.41) is 13.4. The summed E-state index contributed by atoms with van der Waals surface area (Å²) < 4.78 is 0. The Bertz CT molecular complexity index is 838. The number of hydrogen-bond acceptors (Lipinski definition) is 3. The molecule has 0 saturated heterocycles. The average Bonchev–Trinajstić information content (AvgIpc) is 2.65. The number of phenols is 1. The van der Waals surface area contributed by atoms with Crippen molar-refractivity contribution in [3.63, 3.8) is 0 Å². The SMILES string of the molecule is O=C(CC(c1cccc(O)c1)c1cccc(Cl)c1)NCc1ccncc1. The van der Waals surface area contributed by atoms with Crippen molar-refractivity contribution in [3.05, 3.63) is 94.8 Å². The van der Waals surface area contributed by atoms with Gasteiger partial charge in [-0.25, -0.2) is 0 Å². The fraction of sp³-hybridized carbons (Fsp3) is 0.143. The molecule has 26 heavy (non-hydrogen) atoms. The number of pyridine rings is 1. The zero-order valence-electron chi connectivity index (χ0n) is 14.1. The Balaban J connectivity index is 1.78. The maximum atomic E-state index is 12.5. The largest absolute Gasteiger partial charge is 0.508 e. The number of phenolic OH excluding ortho intramolecular Hbond substituents is 1. The Hall–Kier alpha value is -2.85. The van der Waals surface area contributed by atoms with Crippen LogP contribution in [0.15, 0.2) is 73.1 Å². The summed E-state index contributed by atoms with van der Waals surface area (Å²) in [6.45, 7) is 0.448. The lowest BCUT2D eigenvalue weighted by Crippen LogP contribution is -2.25. The van der Waals surface area contributed by atoms with Gasteiger partial charge in [0.05, 0.1) is 0 Å². The summed E-state index contributed by atoms with van der Waals surface area (Å²) in [7, 11) is 0. The molecule has 0 saturated carbocycles. The normalized spacial score (nSPS) is 11.7. The molecule has 132 valence electrons. The number of halogens is 1. The number of aromatic hydroxyl groups is 1. The Morgan fingerprint density at radius 2 is 1.73 bits per heavy atom. The molecule has 5 heteroatoms. The maximum Gasteiger partial charge on any atom is 0.221 e. The average molecular weight is 367 g/mol. The second-order valence-electron chi connectivity index (χ2n) is 6.04. The first-order valence-corrected chi connectivity index (χ1v) is 8.69. The highest BCUT2D eigenvalue weighted by molar-refractivity contribution is 6.30. The number of carbonyl (C=O) groups excluding carboxylic acids is 1. The molecule has 2 aromatic carbocycles. The van der Waals surface area contributed by atoms with E-state index in [1.165, 1.54) is 0 Å². The predicted octanol–water partition coefficient (Wildman–Crippen LogP) is 4.28. The summed E-state index contributed by atoms with van der Waals surface area (Å²) in [4.78, 5) is 16.5. The molecule has 4 nitrogen and oxygen atoms in total. The van der Waals surface area contributed by atoms with Crippen LogP contribution in [0.5, 0.6) is 5.75 Å². The van der Waals surface area contributed by atoms with Crippen LogP contribution >= 0.6 is 11.6 Å². The van der Waals surface area contributed by atoms with Gasteiger partial charge in [0.2, 0.25) is 5.91 Å². The third-order valence-electron chi connectivity index (χ3n) is 4.15. The highest BCUT2D eigenvalue weighted by Crippen LogP contribution is 2.31. The minimum absolute atomic E-state index is 0.0740. The van der Waals surface area contributed by atoms with E-state index in [0.29, 0.717) is 11.6 Å². The van der Waals surface area contributed by atoms with Gasteiger partial charge < -0.3 is 10.4 Å². The molecule has 1 aromatic heterocycles. The molecule has 1 atom stereocenters. The van der Waals surface area contributed by atoms with Crippen molar-refractivity contribution in [2.75, 3.05) is 0 Å². The number of amides is 1. The van der Waals surface area contributed by atoms with E-state index in [2.05, 4.69) is 10.3 Å². The second-order valence-corrected chi connectivity index (χ2v) is 6.48. The highest BCUT2D eigenvalue weighted by atomic mass is 35.5. The summed E-state index contributed by atoms with van der Waals surface area (Å²) in [6.07, 6.45) is 3.65. The van der Waals surface area contributed by atoms with Crippen LogP contribution < -0.4 is 5.32 Å². The molecular weight excluding hydrogens is 348 g/mol. The van der Waals surface area contributed by atoms with Crippen molar-refractivity contribution in [3.8, 4) is 5.75 Å². The fourth-order valence-corrected chi connectivity index (χ4v) is 3.05. The lowest BCUT2D eigenvalue weighted by atomic mass is 9.88. The first-order valence-electron chi connectivity index (χ1n) is 8.32. The topological polar surface area (TPSA) is 62.2 Å². The van der Waals surface area contributed by atoms with Crippen LogP contribution in [0.25, 0.3) is 0 Å². The van der Waals surface area contributed by atoms with E-state index in [1.54, 1.807) is 36.7 Å². The smallest absolute Gasteiger partial charge is 0.221 e. The van der Waals surface area contributed by atoms with Crippen LogP contribution in [-0.4, -0.2) is 16.0 Å². The van der Waals surface area contributed by atoms with Gasteiger partial charge >= 0.3 is 0 Å². The summed E-state index contributed by atoms with van der Waals surface area (Å²) in [5.41, 5.74) is 2.79. The summed E-state index contributed by atoms with van der Waals surface area (Å²) in [5.74, 6) is -0.0971. The Labute approximate surface area is 157 Å². The standard InChI is InChI=1S/C21H19ClN2O2/c22-18-5-1-3-16(11-18)20(17-4-2-6-19(25)12-17)13-21(26)24-14-15-7-9-23-10-8-15/h1-12,20,25H,13-14H2,(H,24,26). The first kappa shape index (κ1) is 18.0. The number of nitrogens with zero attached hydrogens (tertiary/aromatic N) is 1. The molecule has 0 fully saturated rings. The van der Waals surface area contributed by atoms with Crippen LogP contribution in [0.3, 0.4) is 0 Å². The van der Waals surface area contributed by atoms with Gasteiger partial charge in [-0.15, -0.1) is 0 Å². The van der Waals surface area contributed by atoms with Crippen LogP contribution in [-0.2, 0) is 11.3 Å². The van der Waals surface area contributed by atoms with Crippen molar-refractivity contribution in [2.45, 2.75) is 18.9 Å². The van der Waals surface area contributed by atoms with Gasteiger partial charge in [-0.2, -0.15) is 0 Å². The Kier molecular flexibility index (Phi) is 5.87. The number of aromatic nitrogens is 1. The van der Waals surface area contributed by atoms with Crippen molar-refractivity contribution < 1.29 is 9.90 Å². The van der Waals surface area contributed by atoms with Crippen LogP contribution in [0.4, 0.5) is 0 Å². The van der Waals surface area contributed by atoms with Crippen molar-refractivity contribution in [2.24, 2.45) is 0 Å². The minimum Gasteiger partial charge on any atom is -0.508 e. The van der Waals surface area contributed by atoms with Gasteiger partial charge in [0, 0.05) is 36.3 Å². The molecular formula is C21H19ClN2O2. The lowest BCUT2D eigenvalue weighted by molar-refractivity contribution is -0.121. The number of carbonyl (C=O) groups is 1. The monoisotopic (exact) mass is 366 g/mol. The molecule has 2 N–H and O–H groups in total. The second kappa shape index (κ2) is 8.50. The molecule has 3 rings (SSSR count). The first-order chi connectivity index (χ1) is 12.6. The van der Waals surface area contributed by atoms with E-state index < -0.39 is 0 Å². The fourth-order valence-electron chi connectivity index (χ4n) is 2.85. The molecule has 0 bridgehead atoms. The molecule has 0 aliphatic rings.